The third kappa shape index (κ3) is 2.76. The zero-order valence-electron chi connectivity index (χ0n) is 9.99. The van der Waals surface area contributed by atoms with Crippen molar-refractivity contribution in [1.29, 1.82) is 0 Å². The van der Waals surface area contributed by atoms with Crippen molar-refractivity contribution in [2.75, 3.05) is 6.61 Å². The lowest BCUT2D eigenvalue weighted by atomic mass is 10.1. The smallest absolute Gasteiger partial charge is 0.124 e. The van der Waals surface area contributed by atoms with E-state index >= 15 is 0 Å². The maximum absolute atomic E-state index is 5.92. The summed E-state index contributed by atoms with van der Waals surface area (Å²) in [6.45, 7) is 2.85. The van der Waals surface area contributed by atoms with E-state index in [1.807, 2.05) is 25.1 Å². The Kier molecular flexibility index (Phi) is 3.83. The van der Waals surface area contributed by atoms with Crippen molar-refractivity contribution in [2.24, 2.45) is 11.7 Å². The Labute approximate surface area is 97.8 Å². The predicted molar refractivity (Wildman–Crippen MR) is 66.5 cm³/mol. The van der Waals surface area contributed by atoms with Gasteiger partial charge in [-0.3, -0.25) is 0 Å². The van der Waals surface area contributed by atoms with Crippen molar-refractivity contribution >= 4 is 0 Å². The molecule has 0 heterocycles. The number of rotatable bonds is 4. The van der Waals surface area contributed by atoms with Gasteiger partial charge in [0.1, 0.15) is 5.75 Å². The topological polar surface area (TPSA) is 35.2 Å². The molecule has 0 spiro atoms. The van der Waals surface area contributed by atoms with E-state index in [2.05, 4.69) is 6.07 Å². The third-order valence-electron chi connectivity index (χ3n) is 3.36. The maximum atomic E-state index is 5.92. The summed E-state index contributed by atoms with van der Waals surface area (Å²) in [7, 11) is 0. The molecule has 1 aliphatic carbocycles. The first-order chi connectivity index (χ1) is 7.77. The van der Waals surface area contributed by atoms with Crippen molar-refractivity contribution in [3.63, 3.8) is 0 Å². The maximum Gasteiger partial charge on any atom is 0.124 e. The van der Waals surface area contributed by atoms with E-state index in [9.17, 15) is 0 Å². The van der Waals surface area contributed by atoms with Crippen LogP contribution in [0.25, 0.3) is 0 Å². The molecular formula is C14H21NO. The van der Waals surface area contributed by atoms with Crippen LogP contribution in [-0.4, -0.2) is 6.61 Å². The van der Waals surface area contributed by atoms with Gasteiger partial charge in [-0.05, 0) is 31.7 Å². The van der Waals surface area contributed by atoms with Gasteiger partial charge >= 0.3 is 0 Å². The zero-order chi connectivity index (χ0) is 11.4. The lowest BCUT2D eigenvalue weighted by molar-refractivity contribution is 0.249. The van der Waals surface area contributed by atoms with Gasteiger partial charge in [0.15, 0.2) is 0 Å². The van der Waals surface area contributed by atoms with Gasteiger partial charge in [0, 0.05) is 11.6 Å². The highest BCUT2D eigenvalue weighted by Gasteiger charge is 2.16. The number of nitrogens with two attached hydrogens (primary N) is 1. The molecule has 1 fully saturated rings. The minimum absolute atomic E-state index is 0.0415. The first kappa shape index (κ1) is 11.5. The molecule has 0 radical (unpaired) electrons. The van der Waals surface area contributed by atoms with Crippen LogP contribution in [0.5, 0.6) is 5.75 Å². The Morgan fingerprint density at radius 1 is 1.31 bits per heavy atom. The third-order valence-corrected chi connectivity index (χ3v) is 3.36. The van der Waals surface area contributed by atoms with Crippen molar-refractivity contribution in [3.05, 3.63) is 29.8 Å². The van der Waals surface area contributed by atoms with Crippen molar-refractivity contribution in [2.45, 2.75) is 38.6 Å². The highest BCUT2D eigenvalue weighted by atomic mass is 16.5. The van der Waals surface area contributed by atoms with Gasteiger partial charge in [-0.15, -0.1) is 0 Å². The standard InChI is InChI=1S/C14H21NO/c1-11(15)13-8-4-5-9-14(13)16-10-12-6-2-3-7-12/h4-5,8-9,11-12H,2-3,6-7,10,15H2,1H3. The van der Waals surface area contributed by atoms with Crippen LogP contribution in [0.3, 0.4) is 0 Å². The number of hydrogen-bond acceptors (Lipinski definition) is 2. The van der Waals surface area contributed by atoms with Crippen LogP contribution in [-0.2, 0) is 0 Å². The summed E-state index contributed by atoms with van der Waals surface area (Å²) in [5.74, 6) is 1.71. The molecule has 1 aromatic carbocycles. The lowest BCUT2D eigenvalue weighted by Gasteiger charge is -2.16. The molecule has 0 bridgehead atoms. The molecule has 2 heteroatoms. The van der Waals surface area contributed by atoms with E-state index in [1.165, 1.54) is 25.7 Å². The molecule has 88 valence electrons. The van der Waals surface area contributed by atoms with Crippen LogP contribution < -0.4 is 10.5 Å². The Morgan fingerprint density at radius 2 is 2.00 bits per heavy atom. The van der Waals surface area contributed by atoms with Crippen molar-refractivity contribution in [1.82, 2.24) is 0 Å². The van der Waals surface area contributed by atoms with Gasteiger partial charge in [-0.25, -0.2) is 0 Å². The van der Waals surface area contributed by atoms with Gasteiger partial charge in [-0.1, -0.05) is 31.0 Å². The lowest BCUT2D eigenvalue weighted by Crippen LogP contribution is -2.12. The summed E-state index contributed by atoms with van der Waals surface area (Å²) < 4.78 is 5.90. The highest BCUT2D eigenvalue weighted by molar-refractivity contribution is 5.35. The van der Waals surface area contributed by atoms with E-state index < -0.39 is 0 Å². The Hall–Kier alpha value is -1.02. The fraction of sp³-hybridized carbons (Fsp3) is 0.571. The summed E-state index contributed by atoms with van der Waals surface area (Å²) in [5.41, 5.74) is 7.03. The minimum Gasteiger partial charge on any atom is -0.493 e. The largest absolute Gasteiger partial charge is 0.493 e. The van der Waals surface area contributed by atoms with Crippen molar-refractivity contribution in [3.8, 4) is 5.75 Å². The summed E-state index contributed by atoms with van der Waals surface area (Å²) in [5, 5.41) is 0. The van der Waals surface area contributed by atoms with Crippen molar-refractivity contribution < 1.29 is 4.74 Å². The van der Waals surface area contributed by atoms with Crippen LogP contribution in [0.15, 0.2) is 24.3 Å². The second kappa shape index (κ2) is 5.35. The van der Waals surface area contributed by atoms with Crippen LogP contribution in [0.2, 0.25) is 0 Å². The molecule has 1 unspecified atom stereocenters. The van der Waals surface area contributed by atoms with E-state index in [0.717, 1.165) is 23.8 Å². The highest BCUT2D eigenvalue weighted by Crippen LogP contribution is 2.28. The van der Waals surface area contributed by atoms with E-state index in [-0.39, 0.29) is 6.04 Å². The number of para-hydroxylation sites is 1. The average molecular weight is 219 g/mol. The van der Waals surface area contributed by atoms with Gasteiger partial charge in [0.05, 0.1) is 6.61 Å². The fourth-order valence-corrected chi connectivity index (χ4v) is 2.37. The number of hydrogen-bond donors (Lipinski definition) is 1. The molecule has 1 atom stereocenters. The summed E-state index contributed by atoms with van der Waals surface area (Å²) in [6.07, 6.45) is 5.37. The Balaban J connectivity index is 1.97. The molecule has 1 aromatic rings. The van der Waals surface area contributed by atoms with Crippen LogP contribution in [0.1, 0.15) is 44.2 Å². The molecular weight excluding hydrogens is 198 g/mol. The fourth-order valence-electron chi connectivity index (χ4n) is 2.37. The van der Waals surface area contributed by atoms with E-state index in [1.54, 1.807) is 0 Å². The zero-order valence-corrected chi connectivity index (χ0v) is 9.99. The Morgan fingerprint density at radius 3 is 2.69 bits per heavy atom. The summed E-state index contributed by atoms with van der Waals surface area (Å²) >= 11 is 0. The summed E-state index contributed by atoms with van der Waals surface area (Å²) in [6, 6.07) is 8.14. The van der Waals surface area contributed by atoms with Gasteiger partial charge in [0.25, 0.3) is 0 Å². The molecule has 2 N–H and O–H groups in total. The first-order valence-electron chi connectivity index (χ1n) is 6.24. The van der Waals surface area contributed by atoms with E-state index in [0.29, 0.717) is 0 Å². The molecule has 16 heavy (non-hydrogen) atoms. The molecule has 2 rings (SSSR count). The van der Waals surface area contributed by atoms with Crippen LogP contribution >= 0.6 is 0 Å². The van der Waals surface area contributed by atoms with Gasteiger partial charge < -0.3 is 10.5 Å². The SMILES string of the molecule is CC(N)c1ccccc1OCC1CCCC1. The molecule has 0 aliphatic heterocycles. The monoisotopic (exact) mass is 219 g/mol. The van der Waals surface area contributed by atoms with Gasteiger partial charge in [0.2, 0.25) is 0 Å². The quantitative estimate of drug-likeness (QED) is 0.843. The number of benzene rings is 1. The first-order valence-corrected chi connectivity index (χ1v) is 6.24. The molecule has 1 saturated carbocycles. The second-order valence-corrected chi connectivity index (χ2v) is 4.79. The predicted octanol–water partition coefficient (Wildman–Crippen LogP) is 3.28. The average Bonchev–Trinajstić information content (AvgIpc) is 2.79. The second-order valence-electron chi connectivity index (χ2n) is 4.79. The van der Waals surface area contributed by atoms with E-state index in [4.69, 9.17) is 10.5 Å². The van der Waals surface area contributed by atoms with Crippen LogP contribution in [0.4, 0.5) is 0 Å². The normalized spacial score (nSPS) is 18.6. The molecule has 0 saturated heterocycles. The minimum atomic E-state index is 0.0415. The molecule has 1 aliphatic rings. The Bertz CT molecular complexity index is 329. The van der Waals surface area contributed by atoms with Gasteiger partial charge in [-0.2, -0.15) is 0 Å². The van der Waals surface area contributed by atoms with Crippen LogP contribution in [0, 0.1) is 5.92 Å². The molecule has 0 amide bonds. The summed E-state index contributed by atoms with van der Waals surface area (Å²) in [4.78, 5) is 0. The molecule has 0 aromatic heterocycles. The number of ether oxygens (including phenoxy) is 1. The molecule has 2 nitrogen and oxygen atoms in total.